The van der Waals surface area contributed by atoms with E-state index in [2.05, 4.69) is 86.0 Å². The molecule has 0 N–H and O–H groups in total. The summed E-state index contributed by atoms with van der Waals surface area (Å²) in [6.07, 6.45) is 2.62. The maximum Gasteiger partial charge on any atom is 0.228 e. The van der Waals surface area contributed by atoms with Crippen LogP contribution in [0.25, 0.3) is 0 Å². The normalized spacial score (nSPS) is 25.8. The predicted molar refractivity (Wildman–Crippen MR) is 160 cm³/mol. The third-order valence-electron chi connectivity index (χ3n) is 9.42. The van der Waals surface area contributed by atoms with Crippen LogP contribution >= 0.6 is 0 Å². The van der Waals surface area contributed by atoms with Crippen molar-refractivity contribution in [2.24, 2.45) is 53.3 Å². The Kier molecular flexibility index (Phi) is 13.3. The summed E-state index contributed by atoms with van der Waals surface area (Å²) < 4.78 is 12.2. The largest absolute Gasteiger partial charge is 0.381 e. The van der Waals surface area contributed by atoms with E-state index in [9.17, 15) is 9.59 Å². The van der Waals surface area contributed by atoms with Gasteiger partial charge < -0.3 is 19.3 Å². The predicted octanol–water partition coefficient (Wildman–Crippen LogP) is 6.37. The summed E-state index contributed by atoms with van der Waals surface area (Å²) in [5.41, 5.74) is 0. The molecule has 2 aliphatic rings. The Morgan fingerprint density at radius 3 is 1.72 bits per heavy atom. The van der Waals surface area contributed by atoms with E-state index in [-0.39, 0.29) is 35.8 Å². The molecule has 0 saturated carbocycles. The Labute approximate surface area is 240 Å². The molecule has 0 spiro atoms. The first-order chi connectivity index (χ1) is 18.2. The molecule has 6 atom stereocenters. The van der Waals surface area contributed by atoms with Crippen molar-refractivity contribution in [3.05, 3.63) is 0 Å². The average molecular weight is 551 g/mol. The fourth-order valence-corrected chi connectivity index (χ4v) is 7.42. The van der Waals surface area contributed by atoms with Gasteiger partial charge in [0.1, 0.15) is 0 Å². The Morgan fingerprint density at radius 1 is 0.744 bits per heavy atom. The molecule has 2 heterocycles. The highest BCUT2D eigenvalue weighted by atomic mass is 16.5. The van der Waals surface area contributed by atoms with E-state index in [4.69, 9.17) is 9.47 Å². The number of carbonyl (C=O) groups excluding carboxylic acids is 2. The standard InChI is InChI=1S/C33H62N2O4/c1-20(2)27-15-25(11)17-34(27)33(37)31(24(9)10)29(38-12)13-14-39-19-26-16-28(21(3)4)35(18-26)32(36)30(22(5)6)23(7)8/h20-31H,13-19H2,1-12H3/t25?,26?,27-,28-,29?,31-/m0/s1. The zero-order valence-electron chi connectivity index (χ0n) is 27.4. The monoisotopic (exact) mass is 550 g/mol. The third-order valence-corrected chi connectivity index (χ3v) is 9.42. The molecule has 39 heavy (non-hydrogen) atoms. The van der Waals surface area contributed by atoms with E-state index >= 15 is 0 Å². The molecule has 0 aromatic carbocycles. The molecule has 6 heteroatoms. The smallest absolute Gasteiger partial charge is 0.228 e. The van der Waals surface area contributed by atoms with Crippen molar-refractivity contribution in [2.45, 2.75) is 114 Å². The van der Waals surface area contributed by atoms with Gasteiger partial charge in [0, 0.05) is 50.7 Å². The number of hydrogen-bond donors (Lipinski definition) is 0. The van der Waals surface area contributed by atoms with Gasteiger partial charge >= 0.3 is 0 Å². The van der Waals surface area contributed by atoms with Crippen LogP contribution in [0.5, 0.6) is 0 Å². The van der Waals surface area contributed by atoms with Gasteiger partial charge in [0.15, 0.2) is 0 Å². The van der Waals surface area contributed by atoms with Crippen molar-refractivity contribution in [3.8, 4) is 0 Å². The Morgan fingerprint density at radius 2 is 1.23 bits per heavy atom. The van der Waals surface area contributed by atoms with E-state index in [1.165, 1.54) is 0 Å². The highest BCUT2D eigenvalue weighted by Gasteiger charge is 2.42. The summed E-state index contributed by atoms with van der Waals surface area (Å²) >= 11 is 0. The summed E-state index contributed by atoms with van der Waals surface area (Å²) in [6, 6.07) is 0.591. The summed E-state index contributed by atoms with van der Waals surface area (Å²) in [6.45, 7) is 26.9. The van der Waals surface area contributed by atoms with Crippen molar-refractivity contribution in [1.29, 1.82) is 0 Å². The zero-order valence-corrected chi connectivity index (χ0v) is 27.4. The Bertz CT molecular complexity index is 757. The highest BCUT2D eigenvalue weighted by Crippen LogP contribution is 2.35. The topological polar surface area (TPSA) is 59.1 Å². The van der Waals surface area contributed by atoms with Crippen LogP contribution in [-0.2, 0) is 19.1 Å². The molecule has 0 aliphatic carbocycles. The van der Waals surface area contributed by atoms with Crippen LogP contribution < -0.4 is 0 Å². The maximum absolute atomic E-state index is 13.8. The second-order valence-electron chi connectivity index (χ2n) is 14.5. The minimum atomic E-state index is -0.168. The summed E-state index contributed by atoms with van der Waals surface area (Å²) in [5.74, 6) is 3.10. The maximum atomic E-state index is 13.8. The van der Waals surface area contributed by atoms with Crippen LogP contribution in [0, 0.1) is 53.3 Å². The van der Waals surface area contributed by atoms with Gasteiger partial charge in [0.2, 0.25) is 11.8 Å². The molecule has 228 valence electrons. The van der Waals surface area contributed by atoms with Crippen molar-refractivity contribution in [1.82, 2.24) is 9.80 Å². The van der Waals surface area contributed by atoms with Crippen LogP contribution in [0.2, 0.25) is 0 Å². The molecule has 0 aromatic heterocycles. The number of nitrogens with zero attached hydrogens (tertiary/aromatic N) is 2. The van der Waals surface area contributed by atoms with Gasteiger partial charge in [0.25, 0.3) is 0 Å². The van der Waals surface area contributed by atoms with Gasteiger partial charge in [-0.15, -0.1) is 0 Å². The number of hydrogen-bond acceptors (Lipinski definition) is 4. The Hall–Kier alpha value is -1.14. The highest BCUT2D eigenvalue weighted by molar-refractivity contribution is 5.81. The fourth-order valence-electron chi connectivity index (χ4n) is 7.42. The quantitative estimate of drug-likeness (QED) is 0.236. The number of rotatable bonds is 14. The lowest BCUT2D eigenvalue weighted by Gasteiger charge is -2.35. The van der Waals surface area contributed by atoms with E-state index in [0.717, 1.165) is 25.9 Å². The molecule has 3 unspecified atom stereocenters. The molecule has 2 aliphatic heterocycles. The molecule has 2 fully saturated rings. The molecule has 2 amide bonds. The van der Waals surface area contributed by atoms with E-state index in [0.29, 0.717) is 67.1 Å². The number of amides is 2. The minimum absolute atomic E-state index is 0.0628. The van der Waals surface area contributed by atoms with E-state index in [1.54, 1.807) is 7.11 Å². The number of ether oxygens (including phenoxy) is 2. The lowest BCUT2D eigenvalue weighted by molar-refractivity contribution is -0.145. The van der Waals surface area contributed by atoms with E-state index < -0.39 is 0 Å². The fraction of sp³-hybridized carbons (Fsp3) is 0.939. The van der Waals surface area contributed by atoms with Crippen molar-refractivity contribution in [2.75, 3.05) is 33.4 Å². The average Bonchev–Trinajstić information content (AvgIpc) is 3.44. The summed E-state index contributed by atoms with van der Waals surface area (Å²) in [5, 5.41) is 0. The van der Waals surface area contributed by atoms with Crippen LogP contribution in [-0.4, -0.2) is 73.2 Å². The van der Waals surface area contributed by atoms with Gasteiger partial charge in [-0.05, 0) is 54.8 Å². The lowest BCUT2D eigenvalue weighted by Crippen LogP contribution is -2.47. The molecular formula is C33H62N2O4. The van der Waals surface area contributed by atoms with E-state index in [1.807, 2.05) is 0 Å². The molecule has 2 saturated heterocycles. The molecule has 0 bridgehead atoms. The van der Waals surface area contributed by atoms with Crippen LogP contribution in [0.4, 0.5) is 0 Å². The van der Waals surface area contributed by atoms with Gasteiger partial charge in [-0.2, -0.15) is 0 Å². The SMILES string of the molecule is COC(CCOCC1C[C@@H](C(C)C)N(C(=O)C(C(C)C)C(C)C)C1)[C@@H](C(=O)N1CC(C)C[C@H]1C(C)C)C(C)C. The van der Waals surface area contributed by atoms with Crippen molar-refractivity contribution in [3.63, 3.8) is 0 Å². The first kappa shape index (κ1) is 34.1. The van der Waals surface area contributed by atoms with Gasteiger partial charge in [-0.3, -0.25) is 9.59 Å². The van der Waals surface area contributed by atoms with Gasteiger partial charge in [-0.25, -0.2) is 0 Å². The zero-order chi connectivity index (χ0) is 29.6. The molecule has 0 aromatic rings. The first-order valence-corrected chi connectivity index (χ1v) is 15.9. The Balaban J connectivity index is 1.98. The molecule has 6 nitrogen and oxygen atoms in total. The molecule has 0 radical (unpaired) electrons. The number of likely N-dealkylation sites (tertiary alicyclic amines) is 2. The van der Waals surface area contributed by atoms with Crippen LogP contribution in [0.1, 0.15) is 95.4 Å². The first-order valence-electron chi connectivity index (χ1n) is 15.9. The second kappa shape index (κ2) is 15.2. The summed E-state index contributed by atoms with van der Waals surface area (Å²) in [4.78, 5) is 31.7. The van der Waals surface area contributed by atoms with Gasteiger partial charge in [-0.1, -0.05) is 76.2 Å². The molecular weight excluding hydrogens is 488 g/mol. The van der Waals surface area contributed by atoms with Crippen molar-refractivity contribution < 1.29 is 19.1 Å². The van der Waals surface area contributed by atoms with Crippen LogP contribution in [0.15, 0.2) is 0 Å². The second-order valence-corrected chi connectivity index (χ2v) is 14.5. The molecule has 2 rings (SSSR count). The third kappa shape index (κ3) is 8.67. The van der Waals surface area contributed by atoms with Crippen molar-refractivity contribution >= 4 is 11.8 Å². The number of methoxy groups -OCH3 is 1. The summed E-state index contributed by atoms with van der Waals surface area (Å²) in [7, 11) is 1.73. The van der Waals surface area contributed by atoms with Crippen LogP contribution in [0.3, 0.4) is 0 Å². The van der Waals surface area contributed by atoms with Gasteiger partial charge in [0.05, 0.1) is 18.6 Å². The number of carbonyl (C=O) groups is 2. The minimum Gasteiger partial charge on any atom is -0.381 e. The lowest BCUT2D eigenvalue weighted by atomic mass is 9.84.